The molecule has 1 N–H and O–H groups in total. The summed E-state index contributed by atoms with van der Waals surface area (Å²) in [5.41, 5.74) is 2.09. The lowest BCUT2D eigenvalue weighted by Crippen LogP contribution is -2.46. The molecule has 150 valence electrons. The van der Waals surface area contributed by atoms with Gasteiger partial charge in [-0.1, -0.05) is 18.2 Å². The van der Waals surface area contributed by atoms with Crippen LogP contribution in [-0.2, 0) is 9.53 Å². The highest BCUT2D eigenvalue weighted by molar-refractivity contribution is 5.79. The first kappa shape index (κ1) is 19.2. The molecular formula is C22H30N4O2. The Morgan fingerprint density at radius 3 is 2.61 bits per heavy atom. The number of para-hydroxylation sites is 1. The SMILES string of the molecule is C[C@@H](NC(=O)C1CCN(C2CCOCC2)CC1)c1ccccc1-n1cccn1. The van der Waals surface area contributed by atoms with Gasteiger partial charge in [0.25, 0.3) is 0 Å². The van der Waals surface area contributed by atoms with Crippen LogP contribution in [0.15, 0.2) is 42.7 Å². The van der Waals surface area contributed by atoms with Gasteiger partial charge in [0, 0.05) is 37.6 Å². The van der Waals surface area contributed by atoms with Crippen molar-refractivity contribution in [3.63, 3.8) is 0 Å². The van der Waals surface area contributed by atoms with E-state index in [1.54, 1.807) is 6.20 Å². The van der Waals surface area contributed by atoms with Crippen molar-refractivity contribution in [2.75, 3.05) is 26.3 Å². The van der Waals surface area contributed by atoms with E-state index >= 15 is 0 Å². The number of nitrogens with zero attached hydrogens (tertiary/aromatic N) is 3. The van der Waals surface area contributed by atoms with Crippen molar-refractivity contribution >= 4 is 5.91 Å². The molecule has 1 aromatic heterocycles. The Balaban J connectivity index is 1.34. The minimum absolute atomic E-state index is 0.0542. The van der Waals surface area contributed by atoms with Gasteiger partial charge >= 0.3 is 0 Å². The summed E-state index contributed by atoms with van der Waals surface area (Å²) in [5.74, 6) is 0.282. The van der Waals surface area contributed by atoms with Gasteiger partial charge in [-0.3, -0.25) is 4.79 Å². The number of benzene rings is 1. The lowest BCUT2D eigenvalue weighted by Gasteiger charge is -2.39. The maximum absolute atomic E-state index is 12.9. The maximum atomic E-state index is 12.9. The van der Waals surface area contributed by atoms with Crippen LogP contribution in [0.25, 0.3) is 5.69 Å². The second-order valence-electron chi connectivity index (χ2n) is 7.89. The van der Waals surface area contributed by atoms with Crippen LogP contribution >= 0.6 is 0 Å². The molecule has 1 atom stereocenters. The molecule has 2 saturated heterocycles. The molecule has 0 aliphatic carbocycles. The van der Waals surface area contributed by atoms with Crippen molar-refractivity contribution < 1.29 is 9.53 Å². The highest BCUT2D eigenvalue weighted by atomic mass is 16.5. The first-order chi connectivity index (χ1) is 13.7. The topological polar surface area (TPSA) is 59.4 Å². The molecule has 1 aromatic carbocycles. The fourth-order valence-electron chi connectivity index (χ4n) is 4.46. The Morgan fingerprint density at radius 1 is 1.14 bits per heavy atom. The highest BCUT2D eigenvalue weighted by Gasteiger charge is 2.30. The highest BCUT2D eigenvalue weighted by Crippen LogP contribution is 2.25. The second-order valence-corrected chi connectivity index (χ2v) is 7.89. The molecule has 0 radical (unpaired) electrons. The number of likely N-dealkylation sites (tertiary alicyclic amines) is 1. The predicted molar refractivity (Wildman–Crippen MR) is 108 cm³/mol. The molecule has 6 heteroatoms. The molecule has 2 aromatic rings. The minimum Gasteiger partial charge on any atom is -0.381 e. The Kier molecular flexibility index (Phi) is 6.07. The van der Waals surface area contributed by atoms with Crippen LogP contribution in [0.3, 0.4) is 0 Å². The van der Waals surface area contributed by atoms with Gasteiger partial charge < -0.3 is 15.0 Å². The summed E-state index contributed by atoms with van der Waals surface area (Å²) < 4.78 is 7.33. The molecule has 0 unspecified atom stereocenters. The second kappa shape index (κ2) is 8.88. The van der Waals surface area contributed by atoms with Crippen LogP contribution in [0.4, 0.5) is 0 Å². The summed E-state index contributed by atoms with van der Waals surface area (Å²) in [6, 6.07) is 10.6. The zero-order chi connectivity index (χ0) is 19.3. The van der Waals surface area contributed by atoms with Crippen LogP contribution in [-0.4, -0.2) is 52.9 Å². The van der Waals surface area contributed by atoms with Gasteiger partial charge in [0.2, 0.25) is 5.91 Å². The van der Waals surface area contributed by atoms with E-state index in [-0.39, 0.29) is 17.9 Å². The van der Waals surface area contributed by atoms with E-state index in [9.17, 15) is 4.79 Å². The lowest BCUT2D eigenvalue weighted by atomic mass is 9.93. The van der Waals surface area contributed by atoms with Crippen LogP contribution in [0.2, 0.25) is 0 Å². The van der Waals surface area contributed by atoms with Gasteiger partial charge in [-0.25, -0.2) is 4.68 Å². The van der Waals surface area contributed by atoms with E-state index in [4.69, 9.17) is 4.74 Å². The van der Waals surface area contributed by atoms with E-state index in [0.717, 1.165) is 63.2 Å². The van der Waals surface area contributed by atoms with Crippen molar-refractivity contribution in [2.45, 2.75) is 44.7 Å². The number of nitrogens with one attached hydrogen (secondary N) is 1. The van der Waals surface area contributed by atoms with Crippen molar-refractivity contribution in [3.8, 4) is 5.69 Å². The third-order valence-electron chi connectivity index (χ3n) is 6.12. The average Bonchev–Trinajstić information content (AvgIpc) is 3.29. The largest absolute Gasteiger partial charge is 0.381 e. The Bertz CT molecular complexity index is 763. The van der Waals surface area contributed by atoms with E-state index in [1.807, 2.05) is 35.1 Å². The summed E-state index contributed by atoms with van der Waals surface area (Å²) in [6.45, 7) is 5.83. The standard InChI is InChI=1S/C22H30N4O2/c1-17(20-5-2-3-6-21(20)26-12-4-11-23-26)24-22(27)18-7-13-25(14-8-18)19-9-15-28-16-10-19/h2-6,11-12,17-19H,7-10,13-16H2,1H3,(H,24,27)/t17-/m1/s1. The fourth-order valence-corrected chi connectivity index (χ4v) is 4.46. The first-order valence-corrected chi connectivity index (χ1v) is 10.4. The van der Waals surface area contributed by atoms with Gasteiger partial charge in [0.05, 0.1) is 11.7 Å². The Labute approximate surface area is 166 Å². The normalized spacial score (nSPS) is 20.8. The van der Waals surface area contributed by atoms with E-state index in [1.165, 1.54) is 0 Å². The molecule has 2 aliphatic rings. The quantitative estimate of drug-likeness (QED) is 0.864. The Hall–Kier alpha value is -2.18. The summed E-state index contributed by atoms with van der Waals surface area (Å²) in [5, 5.41) is 7.58. The summed E-state index contributed by atoms with van der Waals surface area (Å²) in [4.78, 5) is 15.4. The van der Waals surface area contributed by atoms with Gasteiger partial charge in [0.1, 0.15) is 0 Å². The van der Waals surface area contributed by atoms with E-state index < -0.39 is 0 Å². The molecule has 0 bridgehead atoms. The molecular weight excluding hydrogens is 352 g/mol. The number of rotatable bonds is 5. The van der Waals surface area contributed by atoms with Crippen LogP contribution < -0.4 is 5.32 Å². The third-order valence-corrected chi connectivity index (χ3v) is 6.12. The summed E-state index contributed by atoms with van der Waals surface area (Å²) >= 11 is 0. The van der Waals surface area contributed by atoms with Crippen molar-refractivity contribution in [2.24, 2.45) is 5.92 Å². The van der Waals surface area contributed by atoms with Gasteiger partial charge in [-0.05, 0) is 63.4 Å². The number of piperidine rings is 1. The fraction of sp³-hybridized carbons (Fsp3) is 0.545. The number of carbonyl (C=O) groups is 1. The van der Waals surface area contributed by atoms with E-state index in [2.05, 4.69) is 28.3 Å². The first-order valence-electron chi connectivity index (χ1n) is 10.4. The summed E-state index contributed by atoms with van der Waals surface area (Å²) in [6.07, 6.45) is 7.83. The molecule has 2 fully saturated rings. The molecule has 2 aliphatic heterocycles. The minimum atomic E-state index is -0.0542. The van der Waals surface area contributed by atoms with Gasteiger partial charge in [-0.2, -0.15) is 5.10 Å². The monoisotopic (exact) mass is 382 g/mol. The van der Waals surface area contributed by atoms with Gasteiger partial charge in [0.15, 0.2) is 0 Å². The smallest absolute Gasteiger partial charge is 0.223 e. The van der Waals surface area contributed by atoms with Crippen molar-refractivity contribution in [1.29, 1.82) is 0 Å². The lowest BCUT2D eigenvalue weighted by molar-refractivity contribution is -0.127. The van der Waals surface area contributed by atoms with Crippen LogP contribution in [0, 0.1) is 5.92 Å². The number of hydrogen-bond acceptors (Lipinski definition) is 4. The van der Waals surface area contributed by atoms with Crippen LogP contribution in [0.1, 0.15) is 44.2 Å². The summed E-state index contributed by atoms with van der Waals surface area (Å²) in [7, 11) is 0. The molecule has 1 amide bonds. The average molecular weight is 383 g/mol. The van der Waals surface area contributed by atoms with Gasteiger partial charge in [-0.15, -0.1) is 0 Å². The maximum Gasteiger partial charge on any atom is 0.223 e. The molecule has 0 saturated carbocycles. The third kappa shape index (κ3) is 4.28. The van der Waals surface area contributed by atoms with Crippen LogP contribution in [0.5, 0.6) is 0 Å². The zero-order valence-electron chi connectivity index (χ0n) is 16.6. The number of ether oxygens (including phenoxy) is 1. The number of carbonyl (C=O) groups excluding carboxylic acids is 1. The van der Waals surface area contributed by atoms with Crippen molar-refractivity contribution in [1.82, 2.24) is 20.0 Å². The Morgan fingerprint density at radius 2 is 1.89 bits per heavy atom. The van der Waals surface area contributed by atoms with E-state index in [0.29, 0.717) is 6.04 Å². The molecule has 3 heterocycles. The number of amides is 1. The molecule has 28 heavy (non-hydrogen) atoms. The number of aromatic nitrogens is 2. The molecule has 0 spiro atoms. The molecule has 4 rings (SSSR count). The predicted octanol–water partition coefficient (Wildman–Crippen LogP) is 2.94. The number of hydrogen-bond donors (Lipinski definition) is 1. The zero-order valence-corrected chi connectivity index (χ0v) is 16.6. The van der Waals surface area contributed by atoms with Crippen molar-refractivity contribution in [3.05, 3.63) is 48.3 Å². The molecule has 6 nitrogen and oxygen atoms in total.